The van der Waals surface area contributed by atoms with Crippen molar-refractivity contribution in [3.8, 4) is 5.75 Å². The minimum atomic E-state index is -4.79. The highest BCUT2D eigenvalue weighted by Crippen LogP contribution is 2.38. The van der Waals surface area contributed by atoms with E-state index >= 15 is 0 Å². The van der Waals surface area contributed by atoms with Gasteiger partial charge in [-0.25, -0.2) is 0 Å². The van der Waals surface area contributed by atoms with Crippen LogP contribution in [0.5, 0.6) is 5.75 Å². The molecule has 0 spiro atoms. The van der Waals surface area contributed by atoms with Gasteiger partial charge in [-0.1, -0.05) is 30.3 Å². The van der Waals surface area contributed by atoms with Crippen molar-refractivity contribution in [2.24, 2.45) is 0 Å². The van der Waals surface area contributed by atoms with Gasteiger partial charge < -0.3 is 14.7 Å². The van der Waals surface area contributed by atoms with Crippen LogP contribution in [0.1, 0.15) is 26.3 Å². The van der Waals surface area contributed by atoms with E-state index < -0.39 is 11.8 Å². The van der Waals surface area contributed by atoms with Gasteiger partial charge in [0.2, 0.25) is 0 Å². The summed E-state index contributed by atoms with van der Waals surface area (Å²) in [6.07, 6.45) is -4.79. The van der Waals surface area contributed by atoms with Crippen LogP contribution < -0.4 is 9.64 Å². The molecule has 27 heavy (non-hydrogen) atoms. The van der Waals surface area contributed by atoms with Gasteiger partial charge in [-0.3, -0.25) is 4.79 Å². The topological polar surface area (TPSA) is 49.8 Å². The van der Waals surface area contributed by atoms with Crippen LogP contribution in [0.2, 0.25) is 0 Å². The van der Waals surface area contributed by atoms with Gasteiger partial charge in [0, 0.05) is 11.7 Å². The predicted molar refractivity (Wildman–Crippen MR) is 96.6 cm³/mol. The van der Waals surface area contributed by atoms with E-state index in [1.165, 1.54) is 12.1 Å². The number of aliphatic hydroxyl groups is 1. The number of halogens is 3. The summed E-state index contributed by atoms with van der Waals surface area (Å²) in [4.78, 5) is 14.1. The van der Waals surface area contributed by atoms with Gasteiger partial charge in [0.05, 0.1) is 0 Å². The first-order valence-electron chi connectivity index (χ1n) is 8.43. The van der Waals surface area contributed by atoms with Gasteiger partial charge in [-0.05, 0) is 50.6 Å². The smallest absolute Gasteiger partial charge is 0.421 e. The van der Waals surface area contributed by atoms with Crippen molar-refractivity contribution in [1.82, 2.24) is 0 Å². The molecule has 2 aromatic carbocycles. The average Bonchev–Trinajstić information content (AvgIpc) is 2.60. The average molecular weight is 381 g/mol. The van der Waals surface area contributed by atoms with Crippen LogP contribution in [0, 0.1) is 0 Å². The van der Waals surface area contributed by atoms with Crippen molar-refractivity contribution in [1.29, 1.82) is 0 Å². The quantitative estimate of drug-likeness (QED) is 0.813. The number of anilines is 1. The standard InChI is InChI=1S/C20H22F3NO3/c1-14(2)24(16-7-5-4-6-8-16)18(25)13-27-17-11-9-15(10-12-17)19(3,26)20(21,22)23/h4-12,14,26H,13H2,1-3H3/t19-/m1/s1. The molecule has 146 valence electrons. The predicted octanol–water partition coefficient (Wildman–Crippen LogP) is 4.28. The number of carbonyl (C=O) groups is 1. The molecular weight excluding hydrogens is 359 g/mol. The number of amides is 1. The van der Waals surface area contributed by atoms with Crippen molar-refractivity contribution in [3.05, 3.63) is 60.2 Å². The van der Waals surface area contributed by atoms with E-state index in [0.29, 0.717) is 6.92 Å². The number of hydrogen-bond donors (Lipinski definition) is 1. The summed E-state index contributed by atoms with van der Waals surface area (Å²) in [5, 5.41) is 9.66. The number of benzene rings is 2. The lowest BCUT2D eigenvalue weighted by molar-refractivity contribution is -0.258. The van der Waals surface area contributed by atoms with Crippen LogP contribution in [-0.4, -0.2) is 29.8 Å². The first-order valence-corrected chi connectivity index (χ1v) is 8.43. The Hall–Kier alpha value is -2.54. The summed E-state index contributed by atoms with van der Waals surface area (Å²) < 4.78 is 44.0. The Bertz CT molecular complexity index is 756. The van der Waals surface area contributed by atoms with E-state index in [4.69, 9.17) is 4.74 Å². The number of rotatable bonds is 6. The second-order valence-electron chi connectivity index (χ2n) is 6.58. The molecule has 0 aliphatic rings. The summed E-state index contributed by atoms with van der Waals surface area (Å²) in [5.74, 6) is -0.0376. The van der Waals surface area contributed by atoms with Crippen molar-refractivity contribution in [3.63, 3.8) is 0 Å². The monoisotopic (exact) mass is 381 g/mol. The summed E-state index contributed by atoms with van der Waals surface area (Å²) in [6, 6.07) is 13.9. The van der Waals surface area contributed by atoms with Crippen LogP contribution in [0.15, 0.2) is 54.6 Å². The molecule has 2 rings (SSSR count). The molecule has 0 aliphatic carbocycles. The summed E-state index contributed by atoms with van der Waals surface area (Å²) in [6.45, 7) is 4.17. The zero-order valence-electron chi connectivity index (χ0n) is 15.3. The number of ether oxygens (including phenoxy) is 1. The third-order valence-electron chi connectivity index (χ3n) is 4.15. The highest BCUT2D eigenvalue weighted by molar-refractivity contribution is 5.94. The summed E-state index contributed by atoms with van der Waals surface area (Å²) in [7, 11) is 0. The fraction of sp³-hybridized carbons (Fsp3) is 0.350. The minimum absolute atomic E-state index is 0.0900. The van der Waals surface area contributed by atoms with Gasteiger partial charge in [-0.2, -0.15) is 13.2 Å². The number of carbonyl (C=O) groups excluding carboxylic acids is 1. The molecule has 2 aromatic rings. The van der Waals surface area contributed by atoms with E-state index in [-0.39, 0.29) is 29.9 Å². The van der Waals surface area contributed by atoms with Crippen molar-refractivity contribution >= 4 is 11.6 Å². The van der Waals surface area contributed by atoms with Crippen molar-refractivity contribution in [2.75, 3.05) is 11.5 Å². The molecule has 0 saturated heterocycles. The van der Waals surface area contributed by atoms with E-state index in [1.54, 1.807) is 4.90 Å². The molecule has 0 fully saturated rings. The number of hydrogen-bond acceptors (Lipinski definition) is 3. The normalized spacial score (nSPS) is 13.9. The SMILES string of the molecule is CC(C)N(C(=O)COc1ccc([C@@](C)(O)C(F)(F)F)cc1)c1ccccc1. The van der Waals surface area contributed by atoms with Crippen LogP contribution in [-0.2, 0) is 10.4 Å². The first kappa shape index (κ1) is 20.8. The molecule has 1 amide bonds. The molecule has 0 saturated carbocycles. The van der Waals surface area contributed by atoms with Gasteiger partial charge in [0.1, 0.15) is 5.75 Å². The Morgan fingerprint density at radius 2 is 1.63 bits per heavy atom. The van der Waals surface area contributed by atoms with Crippen molar-refractivity contribution < 1.29 is 27.8 Å². The van der Waals surface area contributed by atoms with Gasteiger partial charge in [-0.15, -0.1) is 0 Å². The second kappa shape index (κ2) is 8.00. The lowest BCUT2D eigenvalue weighted by Gasteiger charge is -2.27. The number of nitrogens with zero attached hydrogens (tertiary/aromatic N) is 1. The van der Waals surface area contributed by atoms with E-state index in [9.17, 15) is 23.1 Å². The molecule has 4 nitrogen and oxygen atoms in total. The largest absolute Gasteiger partial charge is 0.484 e. The molecule has 0 radical (unpaired) electrons. The third-order valence-corrected chi connectivity index (χ3v) is 4.15. The fourth-order valence-corrected chi connectivity index (χ4v) is 2.57. The number of alkyl halides is 3. The number of para-hydroxylation sites is 1. The maximum atomic E-state index is 12.9. The molecule has 1 N–H and O–H groups in total. The fourth-order valence-electron chi connectivity index (χ4n) is 2.57. The summed E-state index contributed by atoms with van der Waals surface area (Å²) >= 11 is 0. The molecule has 1 atom stereocenters. The maximum absolute atomic E-state index is 12.9. The highest BCUT2D eigenvalue weighted by atomic mass is 19.4. The molecule has 0 aromatic heterocycles. The Morgan fingerprint density at radius 1 is 1.07 bits per heavy atom. The lowest BCUT2D eigenvalue weighted by atomic mass is 9.95. The maximum Gasteiger partial charge on any atom is 0.421 e. The molecular formula is C20H22F3NO3. The van der Waals surface area contributed by atoms with E-state index in [1.807, 2.05) is 44.2 Å². The summed E-state index contributed by atoms with van der Waals surface area (Å²) in [5.41, 5.74) is -2.53. The van der Waals surface area contributed by atoms with Crippen molar-refractivity contribution in [2.45, 2.75) is 38.6 Å². The first-order chi connectivity index (χ1) is 12.5. The van der Waals surface area contributed by atoms with E-state index in [0.717, 1.165) is 17.8 Å². The molecule has 0 heterocycles. The van der Waals surface area contributed by atoms with Gasteiger partial charge in [0.25, 0.3) is 5.91 Å². The Morgan fingerprint density at radius 3 is 2.11 bits per heavy atom. The van der Waals surface area contributed by atoms with Gasteiger partial charge in [0.15, 0.2) is 12.2 Å². The molecule has 0 bridgehead atoms. The zero-order valence-corrected chi connectivity index (χ0v) is 15.3. The zero-order chi connectivity index (χ0) is 20.2. The highest BCUT2D eigenvalue weighted by Gasteiger charge is 2.51. The molecule has 0 aliphatic heterocycles. The molecule has 7 heteroatoms. The Labute approximate surface area is 156 Å². The van der Waals surface area contributed by atoms with Crippen LogP contribution >= 0.6 is 0 Å². The lowest BCUT2D eigenvalue weighted by Crippen LogP contribution is -2.40. The second-order valence-corrected chi connectivity index (χ2v) is 6.58. The third kappa shape index (κ3) is 4.80. The van der Waals surface area contributed by atoms with Crippen LogP contribution in [0.3, 0.4) is 0 Å². The Balaban J connectivity index is 2.07. The van der Waals surface area contributed by atoms with Crippen LogP contribution in [0.4, 0.5) is 18.9 Å². The van der Waals surface area contributed by atoms with E-state index in [2.05, 4.69) is 0 Å². The Kier molecular flexibility index (Phi) is 6.15. The van der Waals surface area contributed by atoms with Gasteiger partial charge >= 0.3 is 6.18 Å². The minimum Gasteiger partial charge on any atom is -0.484 e. The molecule has 0 unspecified atom stereocenters. The van der Waals surface area contributed by atoms with Crippen LogP contribution in [0.25, 0.3) is 0 Å².